The molecule has 0 saturated carbocycles. The highest BCUT2D eigenvalue weighted by Crippen LogP contribution is 2.14. The summed E-state index contributed by atoms with van der Waals surface area (Å²) in [6.07, 6.45) is 1.54. The van der Waals surface area contributed by atoms with Gasteiger partial charge in [0.2, 0.25) is 5.95 Å². The lowest BCUT2D eigenvalue weighted by molar-refractivity contribution is 0.102. The molecule has 0 unspecified atom stereocenters. The first-order chi connectivity index (χ1) is 12.7. The van der Waals surface area contributed by atoms with Crippen molar-refractivity contribution in [2.24, 2.45) is 0 Å². The number of rotatable bonds is 6. The van der Waals surface area contributed by atoms with Crippen LogP contribution in [-0.2, 0) is 6.54 Å². The third-order valence-corrected chi connectivity index (χ3v) is 3.87. The Bertz CT molecular complexity index is 880. The Morgan fingerprint density at radius 1 is 1.08 bits per heavy atom. The number of hydrogen-bond donors (Lipinski definition) is 2. The highest BCUT2D eigenvalue weighted by atomic mass is 16.5. The van der Waals surface area contributed by atoms with E-state index in [1.54, 1.807) is 14.0 Å². The minimum Gasteiger partial charge on any atom is -0.497 e. The van der Waals surface area contributed by atoms with Crippen LogP contribution in [0.5, 0.6) is 5.75 Å². The molecule has 3 rings (SSSR count). The fourth-order valence-corrected chi connectivity index (χ4v) is 2.42. The molecule has 26 heavy (non-hydrogen) atoms. The van der Waals surface area contributed by atoms with Gasteiger partial charge in [-0.3, -0.25) is 4.79 Å². The van der Waals surface area contributed by atoms with Gasteiger partial charge < -0.3 is 15.4 Å². The van der Waals surface area contributed by atoms with E-state index in [4.69, 9.17) is 4.74 Å². The molecule has 0 radical (unpaired) electrons. The number of anilines is 2. The Hall–Kier alpha value is -3.41. The molecule has 6 nitrogen and oxygen atoms in total. The molecule has 0 saturated heterocycles. The molecule has 1 heterocycles. The number of para-hydroxylation sites is 1. The minimum absolute atomic E-state index is 0.226. The summed E-state index contributed by atoms with van der Waals surface area (Å²) in [6, 6.07) is 17.0. The Balaban J connectivity index is 1.64. The van der Waals surface area contributed by atoms with Crippen LogP contribution in [0.25, 0.3) is 0 Å². The first-order valence-electron chi connectivity index (χ1n) is 8.22. The molecule has 6 heteroatoms. The number of nitrogens with zero attached hydrogens (tertiary/aromatic N) is 2. The molecular weight excluding hydrogens is 328 g/mol. The topological polar surface area (TPSA) is 76.1 Å². The largest absolute Gasteiger partial charge is 0.497 e. The van der Waals surface area contributed by atoms with Crippen LogP contribution in [0.3, 0.4) is 0 Å². The van der Waals surface area contributed by atoms with Crippen molar-refractivity contribution in [2.75, 3.05) is 17.7 Å². The molecule has 0 aliphatic carbocycles. The maximum atomic E-state index is 12.4. The zero-order valence-corrected chi connectivity index (χ0v) is 14.7. The van der Waals surface area contributed by atoms with Crippen molar-refractivity contribution in [3.8, 4) is 5.75 Å². The second-order valence-electron chi connectivity index (χ2n) is 5.71. The third-order valence-electron chi connectivity index (χ3n) is 3.87. The van der Waals surface area contributed by atoms with Crippen LogP contribution in [0.15, 0.2) is 60.8 Å². The van der Waals surface area contributed by atoms with Gasteiger partial charge in [0.05, 0.1) is 18.4 Å². The number of aryl methyl sites for hydroxylation is 1. The van der Waals surface area contributed by atoms with Gasteiger partial charge >= 0.3 is 0 Å². The molecule has 2 aromatic carbocycles. The van der Waals surface area contributed by atoms with E-state index in [1.165, 1.54) is 6.20 Å². The summed E-state index contributed by atoms with van der Waals surface area (Å²) < 4.78 is 5.14. The number of benzene rings is 2. The lowest BCUT2D eigenvalue weighted by Gasteiger charge is -2.10. The van der Waals surface area contributed by atoms with Gasteiger partial charge in [-0.15, -0.1) is 0 Å². The molecule has 0 atom stereocenters. The fraction of sp³-hybridized carbons (Fsp3) is 0.150. The molecule has 0 aliphatic heterocycles. The van der Waals surface area contributed by atoms with Gasteiger partial charge in [0.25, 0.3) is 5.91 Å². The number of aromatic nitrogens is 2. The van der Waals surface area contributed by atoms with Crippen molar-refractivity contribution >= 4 is 17.5 Å². The molecule has 132 valence electrons. The molecule has 0 fully saturated rings. The molecule has 0 aliphatic rings. The fourth-order valence-electron chi connectivity index (χ4n) is 2.42. The molecule has 1 aromatic heterocycles. The SMILES string of the molecule is COc1ccc(CNc2ncc(C(=O)Nc3ccccc3)c(C)n2)cc1. The Morgan fingerprint density at radius 3 is 2.46 bits per heavy atom. The van der Waals surface area contributed by atoms with Gasteiger partial charge in [0.1, 0.15) is 5.75 Å². The summed E-state index contributed by atoms with van der Waals surface area (Å²) in [5.74, 6) is 1.07. The number of amides is 1. The molecule has 0 bridgehead atoms. The smallest absolute Gasteiger partial charge is 0.259 e. The maximum absolute atomic E-state index is 12.4. The van der Waals surface area contributed by atoms with Crippen molar-refractivity contribution in [1.29, 1.82) is 0 Å². The van der Waals surface area contributed by atoms with Crippen LogP contribution in [0, 0.1) is 6.92 Å². The number of carbonyl (C=O) groups is 1. The minimum atomic E-state index is -0.226. The number of carbonyl (C=O) groups excluding carboxylic acids is 1. The van der Waals surface area contributed by atoms with Gasteiger partial charge in [-0.1, -0.05) is 30.3 Å². The Kier molecular flexibility index (Phi) is 5.43. The summed E-state index contributed by atoms with van der Waals surface area (Å²) in [6.45, 7) is 2.37. The van der Waals surface area contributed by atoms with Crippen LogP contribution >= 0.6 is 0 Å². The predicted molar refractivity (Wildman–Crippen MR) is 101 cm³/mol. The molecule has 2 N–H and O–H groups in total. The second kappa shape index (κ2) is 8.11. The second-order valence-corrected chi connectivity index (χ2v) is 5.71. The summed E-state index contributed by atoms with van der Waals surface area (Å²) in [4.78, 5) is 21.0. The number of nitrogens with one attached hydrogen (secondary N) is 2. The van der Waals surface area contributed by atoms with Crippen molar-refractivity contribution in [2.45, 2.75) is 13.5 Å². The van der Waals surface area contributed by atoms with E-state index >= 15 is 0 Å². The average Bonchev–Trinajstić information content (AvgIpc) is 2.67. The first-order valence-corrected chi connectivity index (χ1v) is 8.22. The van der Waals surface area contributed by atoms with E-state index in [2.05, 4.69) is 20.6 Å². The van der Waals surface area contributed by atoms with Crippen LogP contribution < -0.4 is 15.4 Å². The molecule has 3 aromatic rings. The Labute approximate surface area is 152 Å². The quantitative estimate of drug-likeness (QED) is 0.711. The zero-order valence-electron chi connectivity index (χ0n) is 14.7. The highest BCUT2D eigenvalue weighted by Gasteiger charge is 2.12. The van der Waals surface area contributed by atoms with Crippen molar-refractivity contribution in [3.05, 3.63) is 77.6 Å². The lowest BCUT2D eigenvalue weighted by Crippen LogP contribution is -2.15. The zero-order chi connectivity index (χ0) is 18.4. The third kappa shape index (κ3) is 4.36. The van der Waals surface area contributed by atoms with Gasteiger partial charge in [0.15, 0.2) is 0 Å². The first kappa shape index (κ1) is 17.4. The average molecular weight is 348 g/mol. The van der Waals surface area contributed by atoms with Crippen molar-refractivity contribution in [3.63, 3.8) is 0 Å². The Morgan fingerprint density at radius 2 is 1.81 bits per heavy atom. The molecular formula is C20H20N4O2. The van der Waals surface area contributed by atoms with E-state index < -0.39 is 0 Å². The van der Waals surface area contributed by atoms with Crippen LogP contribution in [-0.4, -0.2) is 23.0 Å². The summed E-state index contributed by atoms with van der Waals surface area (Å²) in [5.41, 5.74) is 2.88. The van der Waals surface area contributed by atoms with Crippen LogP contribution in [0.4, 0.5) is 11.6 Å². The van der Waals surface area contributed by atoms with Gasteiger partial charge in [-0.25, -0.2) is 9.97 Å². The highest BCUT2D eigenvalue weighted by molar-refractivity contribution is 6.04. The van der Waals surface area contributed by atoms with E-state index in [1.807, 2.05) is 54.6 Å². The maximum Gasteiger partial charge on any atom is 0.259 e. The van der Waals surface area contributed by atoms with E-state index in [0.717, 1.165) is 17.0 Å². The van der Waals surface area contributed by atoms with Gasteiger partial charge in [-0.2, -0.15) is 0 Å². The summed E-state index contributed by atoms with van der Waals surface area (Å²) in [7, 11) is 1.64. The standard InChI is InChI=1S/C20H20N4O2/c1-14-18(19(25)24-16-6-4-3-5-7-16)13-22-20(23-14)21-12-15-8-10-17(26-2)11-9-15/h3-11,13H,12H2,1-2H3,(H,24,25)(H,21,22,23). The molecule has 1 amide bonds. The number of ether oxygens (including phenoxy) is 1. The lowest BCUT2D eigenvalue weighted by atomic mass is 10.2. The van der Waals surface area contributed by atoms with Gasteiger partial charge in [-0.05, 0) is 36.8 Å². The van der Waals surface area contributed by atoms with Gasteiger partial charge in [0, 0.05) is 18.4 Å². The summed E-state index contributed by atoms with van der Waals surface area (Å²) in [5, 5.41) is 6.00. The van der Waals surface area contributed by atoms with Crippen molar-refractivity contribution < 1.29 is 9.53 Å². The van der Waals surface area contributed by atoms with E-state index in [-0.39, 0.29) is 5.91 Å². The van der Waals surface area contributed by atoms with E-state index in [9.17, 15) is 4.79 Å². The normalized spacial score (nSPS) is 10.2. The van der Waals surface area contributed by atoms with Crippen LogP contribution in [0.1, 0.15) is 21.6 Å². The summed E-state index contributed by atoms with van der Waals surface area (Å²) >= 11 is 0. The molecule has 0 spiro atoms. The predicted octanol–water partition coefficient (Wildman–Crippen LogP) is 3.66. The van der Waals surface area contributed by atoms with E-state index in [0.29, 0.717) is 23.8 Å². The van der Waals surface area contributed by atoms with Crippen molar-refractivity contribution in [1.82, 2.24) is 9.97 Å². The van der Waals surface area contributed by atoms with Crippen LogP contribution in [0.2, 0.25) is 0 Å². The number of methoxy groups -OCH3 is 1. The number of hydrogen-bond acceptors (Lipinski definition) is 5. The monoisotopic (exact) mass is 348 g/mol.